The molecular weight excluding hydrogens is 246 g/mol. The maximum absolute atomic E-state index is 10.8. The lowest BCUT2D eigenvalue weighted by atomic mass is 10.3. The lowest BCUT2D eigenvalue weighted by Crippen LogP contribution is -2.10. The SMILES string of the molecule is CCc1c(Br)cc(C=O)n1CCOC. The fourth-order valence-electron chi connectivity index (χ4n) is 1.48. The van der Waals surface area contributed by atoms with Crippen LogP contribution < -0.4 is 0 Å². The Labute approximate surface area is 92.2 Å². The highest BCUT2D eigenvalue weighted by atomic mass is 79.9. The van der Waals surface area contributed by atoms with Crippen LogP contribution in [0.15, 0.2) is 10.5 Å². The monoisotopic (exact) mass is 259 g/mol. The molecule has 1 heterocycles. The zero-order chi connectivity index (χ0) is 10.6. The molecule has 0 saturated heterocycles. The van der Waals surface area contributed by atoms with E-state index in [2.05, 4.69) is 22.9 Å². The molecule has 0 aromatic carbocycles. The fourth-order valence-corrected chi connectivity index (χ4v) is 2.21. The number of carbonyl (C=O) groups is 1. The van der Waals surface area contributed by atoms with Gasteiger partial charge in [0, 0.05) is 23.8 Å². The Kier molecular flexibility index (Phi) is 4.35. The van der Waals surface area contributed by atoms with Gasteiger partial charge >= 0.3 is 0 Å². The fraction of sp³-hybridized carbons (Fsp3) is 0.500. The zero-order valence-electron chi connectivity index (χ0n) is 8.42. The van der Waals surface area contributed by atoms with Crippen LogP contribution >= 0.6 is 15.9 Å². The summed E-state index contributed by atoms with van der Waals surface area (Å²) < 4.78 is 7.99. The largest absolute Gasteiger partial charge is 0.383 e. The highest BCUT2D eigenvalue weighted by Crippen LogP contribution is 2.21. The van der Waals surface area contributed by atoms with E-state index in [1.165, 1.54) is 0 Å². The predicted molar refractivity (Wildman–Crippen MR) is 58.8 cm³/mol. The van der Waals surface area contributed by atoms with Crippen molar-refractivity contribution in [2.75, 3.05) is 13.7 Å². The van der Waals surface area contributed by atoms with Crippen molar-refractivity contribution in [3.05, 3.63) is 21.9 Å². The van der Waals surface area contributed by atoms with E-state index >= 15 is 0 Å². The molecule has 0 atom stereocenters. The number of nitrogens with zero attached hydrogens (tertiary/aromatic N) is 1. The molecule has 1 aromatic heterocycles. The molecule has 0 amide bonds. The number of hydrogen-bond donors (Lipinski definition) is 0. The molecule has 0 saturated carbocycles. The minimum atomic E-state index is 0.620. The van der Waals surface area contributed by atoms with E-state index in [1.807, 2.05) is 10.6 Å². The van der Waals surface area contributed by atoms with Crippen molar-refractivity contribution in [1.82, 2.24) is 4.57 Å². The number of methoxy groups -OCH3 is 1. The van der Waals surface area contributed by atoms with Crippen molar-refractivity contribution < 1.29 is 9.53 Å². The first kappa shape index (κ1) is 11.5. The molecule has 1 rings (SSSR count). The summed E-state index contributed by atoms with van der Waals surface area (Å²) in [7, 11) is 1.66. The van der Waals surface area contributed by atoms with Crippen molar-refractivity contribution >= 4 is 22.2 Å². The van der Waals surface area contributed by atoms with Crippen LogP contribution in [0.5, 0.6) is 0 Å². The summed E-state index contributed by atoms with van der Waals surface area (Å²) in [5.41, 5.74) is 1.84. The average Bonchev–Trinajstić information content (AvgIpc) is 2.50. The summed E-state index contributed by atoms with van der Waals surface area (Å²) in [4.78, 5) is 10.8. The number of carbonyl (C=O) groups excluding carboxylic acids is 1. The molecule has 78 valence electrons. The summed E-state index contributed by atoms with van der Waals surface area (Å²) in [6.45, 7) is 3.41. The zero-order valence-corrected chi connectivity index (χ0v) is 10.0. The van der Waals surface area contributed by atoms with E-state index in [1.54, 1.807) is 7.11 Å². The predicted octanol–water partition coefficient (Wildman–Crippen LogP) is 2.27. The summed E-state index contributed by atoms with van der Waals surface area (Å²) in [5, 5.41) is 0. The third kappa shape index (κ3) is 2.25. The standard InChI is InChI=1S/C10H14BrNO2/c1-3-10-9(11)6-8(7-13)12(10)4-5-14-2/h6-7H,3-5H2,1-2H3. The maximum atomic E-state index is 10.8. The van der Waals surface area contributed by atoms with Crippen LogP contribution in [0.4, 0.5) is 0 Å². The molecule has 0 bridgehead atoms. The van der Waals surface area contributed by atoms with Crippen LogP contribution in [0.25, 0.3) is 0 Å². The summed E-state index contributed by atoms with van der Waals surface area (Å²) in [6.07, 6.45) is 1.78. The minimum absolute atomic E-state index is 0.620. The normalized spacial score (nSPS) is 10.5. The van der Waals surface area contributed by atoms with Crippen LogP contribution in [0.1, 0.15) is 23.1 Å². The molecule has 4 heteroatoms. The minimum Gasteiger partial charge on any atom is -0.383 e. The van der Waals surface area contributed by atoms with E-state index in [9.17, 15) is 4.79 Å². The van der Waals surface area contributed by atoms with E-state index in [0.717, 1.165) is 29.4 Å². The second-order valence-corrected chi connectivity index (χ2v) is 3.83. The number of rotatable bonds is 5. The van der Waals surface area contributed by atoms with Crippen LogP contribution in [-0.4, -0.2) is 24.6 Å². The molecule has 0 fully saturated rings. The molecule has 14 heavy (non-hydrogen) atoms. The van der Waals surface area contributed by atoms with E-state index in [0.29, 0.717) is 12.3 Å². The van der Waals surface area contributed by atoms with Gasteiger partial charge in [-0.3, -0.25) is 4.79 Å². The number of halogens is 1. The summed E-state index contributed by atoms with van der Waals surface area (Å²) in [6, 6.07) is 1.85. The second kappa shape index (κ2) is 5.32. The molecule has 0 aliphatic rings. The van der Waals surface area contributed by atoms with E-state index < -0.39 is 0 Å². The van der Waals surface area contributed by atoms with Crippen LogP contribution in [0, 0.1) is 0 Å². The van der Waals surface area contributed by atoms with Crippen LogP contribution in [0.3, 0.4) is 0 Å². The second-order valence-electron chi connectivity index (χ2n) is 2.98. The average molecular weight is 260 g/mol. The van der Waals surface area contributed by atoms with Gasteiger partial charge in [-0.15, -0.1) is 0 Å². The van der Waals surface area contributed by atoms with Crippen LogP contribution in [-0.2, 0) is 17.7 Å². The van der Waals surface area contributed by atoms with Gasteiger partial charge in [0.1, 0.15) is 0 Å². The Balaban J connectivity index is 3.01. The number of ether oxygens (including phenoxy) is 1. The van der Waals surface area contributed by atoms with Crippen molar-refractivity contribution in [2.24, 2.45) is 0 Å². The molecule has 3 nitrogen and oxygen atoms in total. The Hall–Kier alpha value is -0.610. The Morgan fingerprint density at radius 1 is 1.64 bits per heavy atom. The maximum Gasteiger partial charge on any atom is 0.166 e. The highest BCUT2D eigenvalue weighted by Gasteiger charge is 2.10. The molecule has 0 aliphatic heterocycles. The van der Waals surface area contributed by atoms with E-state index in [-0.39, 0.29) is 0 Å². The van der Waals surface area contributed by atoms with Gasteiger partial charge in [0.15, 0.2) is 6.29 Å². The first-order valence-electron chi connectivity index (χ1n) is 4.56. The van der Waals surface area contributed by atoms with Gasteiger partial charge in [-0.2, -0.15) is 0 Å². The van der Waals surface area contributed by atoms with Gasteiger partial charge in [0.05, 0.1) is 12.3 Å². The molecular formula is C10H14BrNO2. The van der Waals surface area contributed by atoms with Gasteiger partial charge in [-0.25, -0.2) is 0 Å². The Bertz CT molecular complexity index is 320. The lowest BCUT2D eigenvalue weighted by molar-refractivity contribution is 0.111. The van der Waals surface area contributed by atoms with E-state index in [4.69, 9.17) is 4.74 Å². The van der Waals surface area contributed by atoms with Crippen molar-refractivity contribution in [2.45, 2.75) is 19.9 Å². The first-order valence-corrected chi connectivity index (χ1v) is 5.35. The van der Waals surface area contributed by atoms with Gasteiger partial charge < -0.3 is 9.30 Å². The van der Waals surface area contributed by atoms with Gasteiger partial charge in [-0.1, -0.05) is 6.92 Å². The smallest absolute Gasteiger partial charge is 0.166 e. The van der Waals surface area contributed by atoms with Gasteiger partial charge in [0.25, 0.3) is 0 Å². The Morgan fingerprint density at radius 2 is 2.36 bits per heavy atom. The van der Waals surface area contributed by atoms with Gasteiger partial charge in [-0.05, 0) is 28.4 Å². The number of hydrogen-bond acceptors (Lipinski definition) is 2. The van der Waals surface area contributed by atoms with Crippen molar-refractivity contribution in [1.29, 1.82) is 0 Å². The lowest BCUT2D eigenvalue weighted by Gasteiger charge is -2.09. The van der Waals surface area contributed by atoms with Gasteiger partial charge in [0.2, 0.25) is 0 Å². The number of aldehydes is 1. The number of aromatic nitrogens is 1. The quantitative estimate of drug-likeness (QED) is 0.760. The van der Waals surface area contributed by atoms with Crippen molar-refractivity contribution in [3.8, 4) is 0 Å². The summed E-state index contributed by atoms with van der Waals surface area (Å²) in [5.74, 6) is 0. The topological polar surface area (TPSA) is 31.2 Å². The first-order chi connectivity index (χ1) is 6.74. The molecule has 0 aliphatic carbocycles. The van der Waals surface area contributed by atoms with Crippen LogP contribution in [0.2, 0.25) is 0 Å². The molecule has 0 radical (unpaired) electrons. The molecule has 1 aromatic rings. The summed E-state index contributed by atoms with van der Waals surface area (Å²) >= 11 is 3.44. The Morgan fingerprint density at radius 3 is 2.86 bits per heavy atom. The molecule has 0 N–H and O–H groups in total. The molecule has 0 spiro atoms. The highest BCUT2D eigenvalue weighted by molar-refractivity contribution is 9.10. The van der Waals surface area contributed by atoms with Crippen molar-refractivity contribution in [3.63, 3.8) is 0 Å². The third-order valence-electron chi connectivity index (χ3n) is 2.16. The molecule has 0 unspecified atom stereocenters. The third-order valence-corrected chi connectivity index (χ3v) is 2.85.